The van der Waals surface area contributed by atoms with Crippen molar-refractivity contribution in [2.45, 2.75) is 38.3 Å². The van der Waals surface area contributed by atoms with Crippen molar-refractivity contribution in [3.8, 4) is 0 Å². The summed E-state index contributed by atoms with van der Waals surface area (Å²) in [6, 6.07) is 11.2. The molecule has 1 aromatic rings. The van der Waals surface area contributed by atoms with Gasteiger partial charge in [-0.25, -0.2) is 5.32 Å². The Kier molecular flexibility index (Phi) is 2.98. The molecule has 0 saturated heterocycles. The normalized spacial score (nSPS) is 17.8. The zero-order valence-corrected chi connectivity index (χ0v) is 7.95. The van der Waals surface area contributed by atoms with E-state index in [1.165, 1.54) is 31.2 Å². The van der Waals surface area contributed by atoms with Crippen molar-refractivity contribution in [3.05, 3.63) is 35.9 Å². The highest BCUT2D eigenvalue weighted by Crippen LogP contribution is 2.19. The summed E-state index contributed by atoms with van der Waals surface area (Å²) < 4.78 is 0. The molecule has 0 amide bonds. The first-order valence-corrected chi connectivity index (χ1v) is 5.16. The Hall–Kier alpha value is -0.820. The van der Waals surface area contributed by atoms with Gasteiger partial charge < -0.3 is 0 Å². The molecule has 0 N–H and O–H groups in total. The number of rotatable bonds is 3. The van der Waals surface area contributed by atoms with Crippen LogP contribution in [0.3, 0.4) is 0 Å². The van der Waals surface area contributed by atoms with Gasteiger partial charge in [-0.15, -0.1) is 0 Å². The Bertz CT molecular complexity index is 237. The van der Waals surface area contributed by atoms with Crippen molar-refractivity contribution < 1.29 is 0 Å². The van der Waals surface area contributed by atoms with Gasteiger partial charge in [0.2, 0.25) is 0 Å². The van der Waals surface area contributed by atoms with E-state index >= 15 is 0 Å². The maximum atomic E-state index is 4.69. The minimum absolute atomic E-state index is 0.653. The third-order valence-electron chi connectivity index (χ3n) is 2.70. The van der Waals surface area contributed by atoms with E-state index in [1.54, 1.807) is 0 Å². The Morgan fingerprint density at radius 3 is 2.46 bits per heavy atom. The van der Waals surface area contributed by atoms with E-state index in [0.29, 0.717) is 6.04 Å². The topological polar surface area (TPSA) is 14.1 Å². The van der Waals surface area contributed by atoms with Crippen molar-refractivity contribution >= 4 is 0 Å². The Morgan fingerprint density at radius 1 is 1.08 bits per heavy atom. The molecule has 69 valence electrons. The van der Waals surface area contributed by atoms with E-state index in [2.05, 4.69) is 30.3 Å². The lowest BCUT2D eigenvalue weighted by molar-refractivity contribution is 0.512. The monoisotopic (exact) mass is 174 g/mol. The van der Waals surface area contributed by atoms with Crippen molar-refractivity contribution in [3.63, 3.8) is 0 Å². The highest BCUT2D eigenvalue weighted by atomic mass is 14.9. The number of hydrogen-bond acceptors (Lipinski definition) is 0. The van der Waals surface area contributed by atoms with Gasteiger partial charge in [0, 0.05) is 12.6 Å². The molecule has 1 fully saturated rings. The number of hydrogen-bond donors (Lipinski definition) is 0. The molecule has 1 aliphatic rings. The lowest BCUT2D eigenvalue weighted by atomic mass is 10.2. The molecule has 1 saturated carbocycles. The molecule has 0 aromatic heterocycles. The highest BCUT2D eigenvalue weighted by molar-refractivity contribution is 5.14. The van der Waals surface area contributed by atoms with E-state index < -0.39 is 0 Å². The summed E-state index contributed by atoms with van der Waals surface area (Å²) in [5, 5.41) is 4.69. The van der Waals surface area contributed by atoms with E-state index in [-0.39, 0.29) is 0 Å². The predicted molar refractivity (Wildman–Crippen MR) is 54.5 cm³/mol. The third kappa shape index (κ3) is 2.56. The Balaban J connectivity index is 1.79. The van der Waals surface area contributed by atoms with E-state index in [1.807, 2.05) is 0 Å². The third-order valence-corrected chi connectivity index (χ3v) is 2.70. The lowest BCUT2D eigenvalue weighted by Gasteiger charge is -2.08. The summed E-state index contributed by atoms with van der Waals surface area (Å²) in [5.41, 5.74) is 1.34. The van der Waals surface area contributed by atoms with E-state index in [4.69, 9.17) is 5.32 Å². The average molecular weight is 174 g/mol. The number of benzene rings is 1. The maximum Gasteiger partial charge on any atom is 0.0387 e. The van der Waals surface area contributed by atoms with Crippen LogP contribution in [0.15, 0.2) is 30.3 Å². The molecule has 0 spiro atoms. The second-order valence-electron chi connectivity index (χ2n) is 3.76. The van der Waals surface area contributed by atoms with Gasteiger partial charge in [-0.3, -0.25) is 0 Å². The van der Waals surface area contributed by atoms with Crippen molar-refractivity contribution in [2.75, 3.05) is 0 Å². The molecule has 13 heavy (non-hydrogen) atoms. The highest BCUT2D eigenvalue weighted by Gasteiger charge is 2.14. The molecule has 1 heteroatoms. The minimum atomic E-state index is 0.653. The Morgan fingerprint density at radius 2 is 1.77 bits per heavy atom. The van der Waals surface area contributed by atoms with Crippen LogP contribution in [-0.4, -0.2) is 6.04 Å². The zero-order chi connectivity index (χ0) is 8.93. The van der Waals surface area contributed by atoms with Crippen LogP contribution in [0.4, 0.5) is 0 Å². The standard InChI is InChI=1S/C12H16N/c1-2-6-11(7-3-1)10-13-12-8-4-5-9-12/h1-3,6-7,12H,4-5,8-10H2. The van der Waals surface area contributed by atoms with Crippen LogP contribution in [0.1, 0.15) is 31.2 Å². The molecule has 0 atom stereocenters. The first-order valence-electron chi connectivity index (χ1n) is 5.16. The summed E-state index contributed by atoms with van der Waals surface area (Å²) in [5.74, 6) is 0. The molecule has 0 heterocycles. The Labute approximate surface area is 80.2 Å². The quantitative estimate of drug-likeness (QED) is 0.669. The van der Waals surface area contributed by atoms with Crippen molar-refractivity contribution in [2.24, 2.45) is 0 Å². The first kappa shape index (κ1) is 8.76. The molecule has 1 aliphatic carbocycles. The zero-order valence-electron chi connectivity index (χ0n) is 7.95. The maximum absolute atomic E-state index is 4.69. The van der Waals surface area contributed by atoms with Gasteiger partial charge in [-0.05, 0) is 18.4 Å². The molecular formula is C12H16N. The number of nitrogens with zero attached hydrogens (tertiary/aromatic N) is 1. The fourth-order valence-electron chi connectivity index (χ4n) is 1.90. The largest absolute Gasteiger partial charge is 0.234 e. The second kappa shape index (κ2) is 4.43. The smallest absolute Gasteiger partial charge is 0.0387 e. The molecule has 1 aromatic carbocycles. The van der Waals surface area contributed by atoms with Crippen LogP contribution in [-0.2, 0) is 6.54 Å². The molecule has 0 bridgehead atoms. The summed E-state index contributed by atoms with van der Waals surface area (Å²) in [6.07, 6.45) is 5.38. The SMILES string of the molecule is c1ccc(C[N]C2CCCC2)cc1. The van der Waals surface area contributed by atoms with Crippen LogP contribution in [0.2, 0.25) is 0 Å². The summed E-state index contributed by atoms with van der Waals surface area (Å²) in [6.45, 7) is 0.908. The summed E-state index contributed by atoms with van der Waals surface area (Å²) in [4.78, 5) is 0. The van der Waals surface area contributed by atoms with Crippen LogP contribution in [0.5, 0.6) is 0 Å². The fraction of sp³-hybridized carbons (Fsp3) is 0.500. The fourth-order valence-corrected chi connectivity index (χ4v) is 1.90. The van der Waals surface area contributed by atoms with Gasteiger partial charge in [0.15, 0.2) is 0 Å². The molecule has 1 nitrogen and oxygen atoms in total. The van der Waals surface area contributed by atoms with Crippen molar-refractivity contribution in [1.82, 2.24) is 5.32 Å². The molecule has 0 aliphatic heterocycles. The van der Waals surface area contributed by atoms with Crippen LogP contribution >= 0.6 is 0 Å². The predicted octanol–water partition coefficient (Wildman–Crippen LogP) is 2.73. The minimum Gasteiger partial charge on any atom is -0.234 e. The molecule has 1 radical (unpaired) electrons. The van der Waals surface area contributed by atoms with Gasteiger partial charge >= 0.3 is 0 Å². The van der Waals surface area contributed by atoms with Crippen LogP contribution < -0.4 is 5.32 Å². The average Bonchev–Trinajstić information content (AvgIpc) is 2.69. The second-order valence-corrected chi connectivity index (χ2v) is 3.76. The van der Waals surface area contributed by atoms with Gasteiger partial charge in [-0.1, -0.05) is 43.2 Å². The lowest BCUT2D eigenvalue weighted by Crippen LogP contribution is -2.17. The summed E-state index contributed by atoms with van der Waals surface area (Å²) in [7, 11) is 0. The molecular weight excluding hydrogens is 158 g/mol. The van der Waals surface area contributed by atoms with Gasteiger partial charge in [0.05, 0.1) is 0 Å². The van der Waals surface area contributed by atoms with Gasteiger partial charge in [0.25, 0.3) is 0 Å². The van der Waals surface area contributed by atoms with Gasteiger partial charge in [-0.2, -0.15) is 0 Å². The first-order chi connectivity index (χ1) is 6.45. The summed E-state index contributed by atoms with van der Waals surface area (Å²) >= 11 is 0. The molecule has 2 rings (SSSR count). The molecule has 0 unspecified atom stereocenters. The van der Waals surface area contributed by atoms with E-state index in [9.17, 15) is 0 Å². The van der Waals surface area contributed by atoms with Crippen LogP contribution in [0, 0.1) is 0 Å². The van der Waals surface area contributed by atoms with Gasteiger partial charge in [0.1, 0.15) is 0 Å². The van der Waals surface area contributed by atoms with Crippen LogP contribution in [0.25, 0.3) is 0 Å². The van der Waals surface area contributed by atoms with Crippen molar-refractivity contribution in [1.29, 1.82) is 0 Å². The van der Waals surface area contributed by atoms with E-state index in [0.717, 1.165) is 6.54 Å².